The second-order valence-electron chi connectivity index (χ2n) is 6.87. The van der Waals surface area contributed by atoms with Crippen molar-refractivity contribution in [2.45, 2.75) is 32.2 Å². The first-order valence-electron chi connectivity index (χ1n) is 8.95. The maximum absolute atomic E-state index is 13.2. The maximum atomic E-state index is 13.2. The number of nitrogens with two attached hydrogens (primary N) is 1. The lowest BCUT2D eigenvalue weighted by Crippen LogP contribution is -2.29. The van der Waals surface area contributed by atoms with Gasteiger partial charge in [0.05, 0.1) is 17.0 Å². The monoisotopic (exact) mass is 421 g/mol. The van der Waals surface area contributed by atoms with Crippen LogP contribution in [0.5, 0.6) is 5.75 Å². The van der Waals surface area contributed by atoms with E-state index in [1.807, 2.05) is 31.2 Å². The van der Waals surface area contributed by atoms with Crippen molar-refractivity contribution >= 4 is 35.0 Å². The molecule has 1 aliphatic carbocycles. The molecule has 5 nitrogen and oxygen atoms in total. The Bertz CT molecular complexity index is 927. The van der Waals surface area contributed by atoms with Crippen LogP contribution in [0.4, 0.5) is 0 Å². The van der Waals surface area contributed by atoms with Crippen LogP contribution < -0.4 is 10.5 Å². The van der Waals surface area contributed by atoms with Crippen molar-refractivity contribution < 1.29 is 19.1 Å². The molecule has 1 aliphatic rings. The quantitative estimate of drug-likeness (QED) is 0.710. The molecule has 0 amide bonds. The van der Waals surface area contributed by atoms with Crippen molar-refractivity contribution in [2.75, 3.05) is 13.2 Å². The Labute approximate surface area is 173 Å². The molecule has 0 spiro atoms. The molecule has 0 bridgehead atoms. The van der Waals surface area contributed by atoms with Gasteiger partial charge in [0, 0.05) is 12.1 Å². The molecule has 0 saturated carbocycles. The summed E-state index contributed by atoms with van der Waals surface area (Å²) in [5.41, 5.74) is 7.91. The number of benzene rings is 2. The molecule has 2 N–H and O–H groups in total. The first kappa shape index (κ1) is 20.6. The highest BCUT2D eigenvalue weighted by Gasteiger charge is 2.45. The van der Waals surface area contributed by atoms with Crippen molar-refractivity contribution in [1.29, 1.82) is 0 Å². The van der Waals surface area contributed by atoms with E-state index >= 15 is 0 Å². The van der Waals surface area contributed by atoms with Crippen molar-refractivity contribution in [1.82, 2.24) is 0 Å². The molecule has 148 valence electrons. The first-order chi connectivity index (χ1) is 13.3. The van der Waals surface area contributed by atoms with Crippen LogP contribution in [0.15, 0.2) is 30.3 Å². The highest BCUT2D eigenvalue weighted by Crippen LogP contribution is 2.47. The lowest BCUT2D eigenvalue weighted by molar-refractivity contribution is -0.145. The van der Waals surface area contributed by atoms with Gasteiger partial charge in [0.2, 0.25) is 0 Å². The second-order valence-corrected chi connectivity index (χ2v) is 7.63. The van der Waals surface area contributed by atoms with Gasteiger partial charge in [-0.3, -0.25) is 4.79 Å². The third-order valence-electron chi connectivity index (χ3n) is 5.00. The van der Waals surface area contributed by atoms with E-state index in [0.29, 0.717) is 18.5 Å². The van der Waals surface area contributed by atoms with Gasteiger partial charge in [-0.1, -0.05) is 47.5 Å². The predicted octanol–water partition coefficient (Wildman–Crippen LogP) is 4.09. The van der Waals surface area contributed by atoms with Gasteiger partial charge in [-0.05, 0) is 43.0 Å². The van der Waals surface area contributed by atoms with E-state index in [2.05, 4.69) is 0 Å². The van der Waals surface area contributed by atoms with Gasteiger partial charge in [-0.25, -0.2) is 4.79 Å². The third-order valence-corrected chi connectivity index (χ3v) is 5.85. The fraction of sp³-hybridized carbons (Fsp3) is 0.333. The number of carbonyl (C=O) groups excluding carboxylic acids is 2. The van der Waals surface area contributed by atoms with Crippen LogP contribution in [0.1, 0.15) is 40.9 Å². The summed E-state index contributed by atoms with van der Waals surface area (Å²) >= 11 is 12.7. The van der Waals surface area contributed by atoms with Gasteiger partial charge in [0.15, 0.2) is 12.4 Å². The van der Waals surface area contributed by atoms with E-state index < -0.39 is 11.4 Å². The smallest absolute Gasteiger partial charge is 0.344 e. The number of esters is 1. The summed E-state index contributed by atoms with van der Waals surface area (Å²) in [6, 6.07) is 9.35. The van der Waals surface area contributed by atoms with Crippen LogP contribution in [-0.2, 0) is 27.9 Å². The Balaban J connectivity index is 1.93. The number of ether oxygens (including phenoxy) is 2. The van der Waals surface area contributed by atoms with E-state index in [0.717, 1.165) is 16.7 Å². The van der Waals surface area contributed by atoms with Crippen molar-refractivity contribution in [2.24, 2.45) is 5.73 Å². The Morgan fingerprint density at radius 1 is 1.21 bits per heavy atom. The number of hydrogen-bond donors (Lipinski definition) is 1. The molecule has 3 rings (SSSR count). The number of fused-ring (bicyclic) bond motifs is 1. The third kappa shape index (κ3) is 3.62. The van der Waals surface area contributed by atoms with Crippen LogP contribution in [0.25, 0.3) is 0 Å². The summed E-state index contributed by atoms with van der Waals surface area (Å²) in [7, 11) is 0. The van der Waals surface area contributed by atoms with Gasteiger partial charge >= 0.3 is 5.97 Å². The largest absolute Gasteiger partial charge is 0.480 e. The van der Waals surface area contributed by atoms with Gasteiger partial charge in [-0.15, -0.1) is 0 Å². The highest BCUT2D eigenvalue weighted by molar-refractivity contribution is 6.45. The lowest BCUT2D eigenvalue weighted by Gasteiger charge is -2.22. The Kier molecular flexibility index (Phi) is 5.98. The summed E-state index contributed by atoms with van der Waals surface area (Å²) in [5, 5.41) is 0.256. The average Bonchev–Trinajstić information content (AvgIpc) is 2.95. The maximum Gasteiger partial charge on any atom is 0.344 e. The molecule has 2 aromatic carbocycles. The molecular weight excluding hydrogens is 401 g/mol. The lowest BCUT2D eigenvalue weighted by atomic mass is 9.78. The highest BCUT2D eigenvalue weighted by atomic mass is 35.5. The normalized spacial score (nSPS) is 18.1. The fourth-order valence-electron chi connectivity index (χ4n) is 3.46. The number of halogens is 2. The van der Waals surface area contributed by atoms with E-state index in [-0.39, 0.29) is 34.8 Å². The zero-order chi connectivity index (χ0) is 20.5. The summed E-state index contributed by atoms with van der Waals surface area (Å²) < 4.78 is 10.3. The predicted molar refractivity (Wildman–Crippen MR) is 108 cm³/mol. The summed E-state index contributed by atoms with van der Waals surface area (Å²) in [4.78, 5) is 24.8. The van der Waals surface area contributed by atoms with E-state index in [4.69, 9.17) is 38.4 Å². The van der Waals surface area contributed by atoms with Crippen LogP contribution in [0.2, 0.25) is 10.0 Å². The van der Waals surface area contributed by atoms with Crippen molar-refractivity contribution in [3.63, 3.8) is 0 Å². The van der Waals surface area contributed by atoms with Gasteiger partial charge in [-0.2, -0.15) is 0 Å². The molecule has 1 unspecified atom stereocenters. The van der Waals surface area contributed by atoms with Crippen molar-refractivity contribution in [3.05, 3.63) is 62.6 Å². The Hall–Kier alpha value is -2.08. The molecule has 0 aliphatic heterocycles. The summed E-state index contributed by atoms with van der Waals surface area (Å²) in [5.74, 6) is -0.336. The summed E-state index contributed by atoms with van der Waals surface area (Å²) in [6.07, 6.45) is 0.454. The molecule has 0 fully saturated rings. The zero-order valence-electron chi connectivity index (χ0n) is 15.7. The topological polar surface area (TPSA) is 78.6 Å². The fourth-order valence-corrected chi connectivity index (χ4v) is 3.96. The molecular formula is C21H21Cl2NO4. The first-order valence-corrected chi connectivity index (χ1v) is 9.71. The number of rotatable bonds is 6. The average molecular weight is 422 g/mol. The van der Waals surface area contributed by atoms with Gasteiger partial charge in [0.25, 0.3) is 0 Å². The van der Waals surface area contributed by atoms with Crippen molar-refractivity contribution in [3.8, 4) is 5.75 Å². The van der Waals surface area contributed by atoms with E-state index in [9.17, 15) is 9.59 Å². The molecule has 0 radical (unpaired) electrons. The van der Waals surface area contributed by atoms with Crippen LogP contribution in [-0.4, -0.2) is 25.0 Å². The molecule has 0 saturated heterocycles. The zero-order valence-corrected chi connectivity index (χ0v) is 17.2. The van der Waals surface area contributed by atoms with E-state index in [1.54, 1.807) is 13.0 Å². The van der Waals surface area contributed by atoms with Crippen LogP contribution in [0.3, 0.4) is 0 Å². The molecule has 0 aromatic heterocycles. The van der Waals surface area contributed by atoms with Gasteiger partial charge in [0.1, 0.15) is 10.8 Å². The number of Topliss-reactive ketones (excluding diaryl/α,β-unsaturated/α-hetero) is 1. The minimum Gasteiger partial charge on any atom is -0.480 e. The molecule has 7 heteroatoms. The minimum absolute atomic E-state index is 0.0909. The molecule has 1 atom stereocenters. The molecule has 0 heterocycles. The summed E-state index contributed by atoms with van der Waals surface area (Å²) in [6.45, 7) is 4.01. The molecule has 2 aromatic rings. The second kappa shape index (κ2) is 8.11. The van der Waals surface area contributed by atoms with E-state index in [1.165, 1.54) is 0 Å². The van der Waals surface area contributed by atoms with Gasteiger partial charge < -0.3 is 15.2 Å². The minimum atomic E-state index is -0.762. The number of hydrogen-bond acceptors (Lipinski definition) is 5. The van der Waals surface area contributed by atoms with Crippen LogP contribution >= 0.6 is 23.2 Å². The van der Waals surface area contributed by atoms with Crippen LogP contribution in [0, 0.1) is 0 Å². The Morgan fingerprint density at radius 2 is 1.89 bits per heavy atom. The molecule has 28 heavy (non-hydrogen) atoms. The Morgan fingerprint density at radius 3 is 2.50 bits per heavy atom. The standard InChI is InChI=1S/C21H21Cl2NO4/c1-3-27-16(25)11-28-15-8-13-9-21(2,14-6-4-12(10-24)5-7-14)20(26)17(13)19(23)18(15)22/h4-8H,3,9-11,24H2,1-2H3. The number of ketones is 1. The number of carbonyl (C=O) groups is 2. The SMILES string of the molecule is CCOC(=O)COc1cc2c(c(Cl)c1Cl)C(=O)C(C)(c1ccc(CN)cc1)C2.